The average molecular weight is 269 g/mol. The zero-order valence-corrected chi connectivity index (χ0v) is 12.5. The first-order chi connectivity index (χ1) is 8.95. The number of esters is 1. The van der Waals surface area contributed by atoms with Crippen LogP contribution in [-0.4, -0.2) is 25.0 Å². The van der Waals surface area contributed by atoms with Crippen LogP contribution < -0.4 is 5.32 Å². The van der Waals surface area contributed by atoms with Gasteiger partial charge in [0.1, 0.15) is 6.42 Å². The van der Waals surface area contributed by atoms with Crippen LogP contribution in [0.4, 0.5) is 0 Å². The normalized spacial score (nSPS) is 17.0. The van der Waals surface area contributed by atoms with E-state index >= 15 is 0 Å². The second kappa shape index (κ2) is 7.51. The minimum absolute atomic E-state index is 0.102. The van der Waals surface area contributed by atoms with E-state index in [9.17, 15) is 9.59 Å². The molecule has 1 aliphatic rings. The molecule has 1 saturated carbocycles. The molecular weight excluding hydrogens is 242 g/mol. The quantitative estimate of drug-likeness (QED) is 0.596. The van der Waals surface area contributed by atoms with Crippen LogP contribution in [0.5, 0.6) is 0 Å². The van der Waals surface area contributed by atoms with E-state index in [1.165, 1.54) is 32.1 Å². The summed E-state index contributed by atoms with van der Waals surface area (Å²) in [5, 5.41) is 2.87. The predicted molar refractivity (Wildman–Crippen MR) is 74.6 cm³/mol. The summed E-state index contributed by atoms with van der Waals surface area (Å²) in [6.45, 7) is 7.10. The van der Waals surface area contributed by atoms with E-state index in [0.717, 1.165) is 0 Å². The predicted octanol–water partition coefficient (Wildman–Crippen LogP) is 2.66. The number of hydrogen-bond donors (Lipinski definition) is 1. The van der Waals surface area contributed by atoms with Crippen LogP contribution in [0.15, 0.2) is 0 Å². The van der Waals surface area contributed by atoms with Crippen molar-refractivity contribution in [1.29, 1.82) is 0 Å². The molecule has 1 rings (SSSR count). The summed E-state index contributed by atoms with van der Waals surface area (Å²) in [5.74, 6) is -0.0121. The molecular formula is C15H27NO3. The Hall–Kier alpha value is -1.06. The van der Waals surface area contributed by atoms with E-state index in [2.05, 4.69) is 19.2 Å². The van der Waals surface area contributed by atoms with Gasteiger partial charge in [-0.05, 0) is 31.1 Å². The monoisotopic (exact) mass is 269 g/mol. The molecule has 0 spiro atoms. The van der Waals surface area contributed by atoms with Crippen molar-refractivity contribution in [3.05, 3.63) is 0 Å². The van der Waals surface area contributed by atoms with Crippen molar-refractivity contribution in [2.45, 2.75) is 59.3 Å². The second-order valence-corrected chi connectivity index (χ2v) is 6.08. The minimum atomic E-state index is -0.449. The van der Waals surface area contributed by atoms with Crippen molar-refractivity contribution < 1.29 is 14.3 Å². The van der Waals surface area contributed by atoms with Crippen molar-refractivity contribution in [2.24, 2.45) is 11.3 Å². The van der Waals surface area contributed by atoms with Crippen LogP contribution >= 0.6 is 0 Å². The van der Waals surface area contributed by atoms with E-state index in [-0.39, 0.29) is 17.7 Å². The van der Waals surface area contributed by atoms with Gasteiger partial charge in [0, 0.05) is 6.54 Å². The molecule has 0 aromatic carbocycles. The summed E-state index contributed by atoms with van der Waals surface area (Å²) in [6.07, 6.45) is 6.26. The maximum atomic E-state index is 11.6. The Labute approximate surface area is 116 Å². The van der Waals surface area contributed by atoms with Gasteiger partial charge in [0.2, 0.25) is 5.91 Å². The lowest BCUT2D eigenvalue weighted by Gasteiger charge is -2.37. The van der Waals surface area contributed by atoms with E-state index in [0.29, 0.717) is 19.1 Å². The number of ether oxygens (including phenoxy) is 1. The molecule has 0 unspecified atom stereocenters. The molecule has 0 heterocycles. The van der Waals surface area contributed by atoms with Gasteiger partial charge in [-0.2, -0.15) is 0 Å². The highest BCUT2D eigenvalue weighted by Gasteiger charge is 2.30. The third kappa shape index (κ3) is 5.62. The molecule has 19 heavy (non-hydrogen) atoms. The molecule has 110 valence electrons. The number of carbonyl (C=O) groups excluding carboxylic acids is 2. The van der Waals surface area contributed by atoms with Gasteiger partial charge in [-0.25, -0.2) is 0 Å². The fraction of sp³-hybridized carbons (Fsp3) is 0.867. The van der Waals surface area contributed by atoms with Crippen LogP contribution in [-0.2, 0) is 14.3 Å². The first kappa shape index (κ1) is 16.0. The van der Waals surface area contributed by atoms with Crippen LogP contribution in [0.1, 0.15) is 59.3 Å². The number of rotatable bonds is 6. The zero-order chi connectivity index (χ0) is 14.3. The van der Waals surface area contributed by atoms with Gasteiger partial charge in [-0.1, -0.05) is 33.1 Å². The van der Waals surface area contributed by atoms with Crippen molar-refractivity contribution in [3.8, 4) is 0 Å². The molecule has 0 aromatic heterocycles. The molecule has 1 fully saturated rings. The Morgan fingerprint density at radius 3 is 2.42 bits per heavy atom. The zero-order valence-electron chi connectivity index (χ0n) is 12.5. The summed E-state index contributed by atoms with van der Waals surface area (Å²) >= 11 is 0. The van der Waals surface area contributed by atoms with Crippen molar-refractivity contribution in [3.63, 3.8) is 0 Å². The fourth-order valence-electron chi connectivity index (χ4n) is 2.76. The maximum Gasteiger partial charge on any atom is 0.315 e. The van der Waals surface area contributed by atoms with E-state index in [4.69, 9.17) is 4.74 Å². The molecule has 0 saturated heterocycles. The summed E-state index contributed by atoms with van der Waals surface area (Å²) < 4.78 is 4.76. The van der Waals surface area contributed by atoms with E-state index in [1.54, 1.807) is 6.92 Å². The highest BCUT2D eigenvalue weighted by Crippen LogP contribution is 2.37. The second-order valence-electron chi connectivity index (χ2n) is 6.08. The Morgan fingerprint density at radius 1 is 1.21 bits per heavy atom. The Kier molecular flexibility index (Phi) is 6.32. The Morgan fingerprint density at radius 2 is 1.84 bits per heavy atom. The Balaban J connectivity index is 2.33. The van der Waals surface area contributed by atoms with Gasteiger partial charge in [-0.15, -0.1) is 0 Å². The van der Waals surface area contributed by atoms with Gasteiger partial charge in [0.25, 0.3) is 0 Å². The van der Waals surface area contributed by atoms with Gasteiger partial charge in [0.05, 0.1) is 6.61 Å². The summed E-state index contributed by atoms with van der Waals surface area (Å²) in [5.41, 5.74) is 0.102. The molecule has 1 aliphatic carbocycles. The smallest absolute Gasteiger partial charge is 0.315 e. The molecule has 0 bridgehead atoms. The number of carbonyl (C=O) groups is 2. The third-order valence-corrected chi connectivity index (χ3v) is 4.06. The summed E-state index contributed by atoms with van der Waals surface area (Å²) in [4.78, 5) is 22.8. The first-order valence-electron chi connectivity index (χ1n) is 7.38. The number of nitrogens with one attached hydrogen (secondary N) is 1. The first-order valence-corrected chi connectivity index (χ1v) is 7.38. The van der Waals surface area contributed by atoms with E-state index < -0.39 is 5.97 Å². The standard InChI is InChI=1S/C15H27NO3/c1-4-19-14(18)10-13(17)16-11-15(2,3)12-8-6-5-7-9-12/h12H,4-11H2,1-3H3,(H,16,17). The average Bonchev–Trinajstić information content (AvgIpc) is 2.38. The summed E-state index contributed by atoms with van der Waals surface area (Å²) in [7, 11) is 0. The molecule has 0 radical (unpaired) electrons. The van der Waals surface area contributed by atoms with Crippen molar-refractivity contribution in [2.75, 3.05) is 13.2 Å². The van der Waals surface area contributed by atoms with Crippen LogP contribution in [0, 0.1) is 11.3 Å². The minimum Gasteiger partial charge on any atom is -0.466 e. The topological polar surface area (TPSA) is 55.4 Å². The van der Waals surface area contributed by atoms with Crippen molar-refractivity contribution in [1.82, 2.24) is 5.32 Å². The Bertz CT molecular complexity index is 307. The largest absolute Gasteiger partial charge is 0.466 e. The van der Waals surface area contributed by atoms with Crippen molar-refractivity contribution >= 4 is 11.9 Å². The van der Waals surface area contributed by atoms with E-state index in [1.807, 2.05) is 0 Å². The summed E-state index contributed by atoms with van der Waals surface area (Å²) in [6, 6.07) is 0. The lowest BCUT2D eigenvalue weighted by atomic mass is 9.71. The molecule has 1 N–H and O–H groups in total. The van der Waals surface area contributed by atoms with Crippen LogP contribution in [0.2, 0.25) is 0 Å². The molecule has 0 atom stereocenters. The fourth-order valence-corrected chi connectivity index (χ4v) is 2.76. The number of amides is 1. The lowest BCUT2D eigenvalue weighted by molar-refractivity contribution is -0.146. The van der Waals surface area contributed by atoms with Crippen LogP contribution in [0.25, 0.3) is 0 Å². The highest BCUT2D eigenvalue weighted by atomic mass is 16.5. The molecule has 0 aliphatic heterocycles. The van der Waals surface area contributed by atoms with Crippen LogP contribution in [0.3, 0.4) is 0 Å². The lowest BCUT2D eigenvalue weighted by Crippen LogP contribution is -2.40. The molecule has 1 amide bonds. The number of hydrogen-bond acceptors (Lipinski definition) is 3. The highest BCUT2D eigenvalue weighted by molar-refractivity contribution is 5.94. The molecule has 0 aromatic rings. The van der Waals surface area contributed by atoms with Gasteiger partial charge < -0.3 is 10.1 Å². The van der Waals surface area contributed by atoms with Gasteiger partial charge >= 0.3 is 5.97 Å². The molecule has 4 heteroatoms. The molecule has 4 nitrogen and oxygen atoms in total. The SMILES string of the molecule is CCOC(=O)CC(=O)NCC(C)(C)C1CCCCC1. The van der Waals surface area contributed by atoms with Gasteiger partial charge in [-0.3, -0.25) is 9.59 Å². The van der Waals surface area contributed by atoms with Gasteiger partial charge in [0.15, 0.2) is 0 Å². The third-order valence-electron chi connectivity index (χ3n) is 4.06. The maximum absolute atomic E-state index is 11.6.